The van der Waals surface area contributed by atoms with E-state index in [0.717, 1.165) is 0 Å². The van der Waals surface area contributed by atoms with Crippen LogP contribution in [0.15, 0.2) is 42.5 Å². The lowest BCUT2D eigenvalue weighted by Crippen LogP contribution is -2.21. The molecule has 0 aliphatic heterocycles. The third kappa shape index (κ3) is 6.26. The molecular formula is C22H25ClN2O4. The second-order valence-electron chi connectivity index (χ2n) is 6.80. The van der Waals surface area contributed by atoms with E-state index in [1.165, 1.54) is 18.1 Å². The van der Waals surface area contributed by atoms with Crippen LogP contribution in [0, 0.1) is 0 Å². The molecule has 2 amide bonds. The highest BCUT2D eigenvalue weighted by Crippen LogP contribution is 2.37. The Hall–Kier alpha value is -2.99. The van der Waals surface area contributed by atoms with E-state index < -0.39 is 0 Å². The number of carbonyl (C=O) groups excluding carboxylic acids is 2. The number of carbonyl (C=O) groups is 2. The number of nitrogens with one attached hydrogen (secondary N) is 1. The Labute approximate surface area is 176 Å². The molecule has 1 N–H and O–H groups in total. The van der Waals surface area contributed by atoms with Gasteiger partial charge in [0.15, 0.2) is 11.5 Å². The predicted molar refractivity (Wildman–Crippen MR) is 116 cm³/mol. The SMILES string of the molecule is COc1cc(/C=C/C(=O)Nc2ccc(C(=O)N(C)C)cc2)cc(Cl)c1OC(C)C. The molecule has 0 saturated heterocycles. The van der Waals surface area contributed by atoms with Crippen LogP contribution in [0.2, 0.25) is 5.02 Å². The lowest BCUT2D eigenvalue weighted by Gasteiger charge is -2.15. The van der Waals surface area contributed by atoms with Crippen molar-refractivity contribution >= 4 is 35.2 Å². The molecule has 154 valence electrons. The summed E-state index contributed by atoms with van der Waals surface area (Å²) in [6.45, 7) is 3.80. The van der Waals surface area contributed by atoms with Gasteiger partial charge in [0.25, 0.3) is 5.91 Å². The summed E-state index contributed by atoms with van der Waals surface area (Å²) in [4.78, 5) is 25.6. The first-order valence-corrected chi connectivity index (χ1v) is 9.44. The van der Waals surface area contributed by atoms with Crippen LogP contribution in [-0.2, 0) is 4.79 Å². The van der Waals surface area contributed by atoms with Gasteiger partial charge in [0, 0.05) is 31.4 Å². The third-order valence-electron chi connectivity index (χ3n) is 3.84. The third-order valence-corrected chi connectivity index (χ3v) is 4.12. The van der Waals surface area contributed by atoms with Crippen LogP contribution in [0.4, 0.5) is 5.69 Å². The Morgan fingerprint density at radius 1 is 1.14 bits per heavy atom. The summed E-state index contributed by atoms with van der Waals surface area (Å²) in [5, 5.41) is 3.15. The number of nitrogens with zero attached hydrogens (tertiary/aromatic N) is 1. The molecule has 0 bridgehead atoms. The Morgan fingerprint density at radius 2 is 1.79 bits per heavy atom. The fourth-order valence-electron chi connectivity index (χ4n) is 2.50. The number of halogens is 1. The topological polar surface area (TPSA) is 67.9 Å². The Morgan fingerprint density at radius 3 is 2.34 bits per heavy atom. The zero-order valence-electron chi connectivity index (χ0n) is 17.2. The van der Waals surface area contributed by atoms with Crippen LogP contribution in [0.5, 0.6) is 11.5 Å². The molecule has 0 aromatic heterocycles. The standard InChI is InChI=1S/C22H25ClN2O4/c1-14(2)29-21-18(23)12-15(13-19(21)28-5)6-11-20(26)24-17-9-7-16(8-10-17)22(27)25(3)4/h6-14H,1-5H3,(H,24,26)/b11-6+. The van der Waals surface area contributed by atoms with E-state index in [1.807, 2.05) is 13.8 Å². The zero-order valence-corrected chi connectivity index (χ0v) is 17.9. The molecule has 0 atom stereocenters. The highest BCUT2D eigenvalue weighted by Gasteiger charge is 2.13. The van der Waals surface area contributed by atoms with Crippen molar-refractivity contribution in [3.63, 3.8) is 0 Å². The van der Waals surface area contributed by atoms with Crippen molar-refractivity contribution in [3.8, 4) is 11.5 Å². The van der Waals surface area contributed by atoms with Gasteiger partial charge < -0.3 is 19.7 Å². The predicted octanol–water partition coefficient (Wildman–Crippen LogP) is 4.49. The molecule has 0 fully saturated rings. The smallest absolute Gasteiger partial charge is 0.253 e. The summed E-state index contributed by atoms with van der Waals surface area (Å²) in [5.41, 5.74) is 1.84. The minimum atomic E-state index is -0.311. The van der Waals surface area contributed by atoms with Crippen molar-refractivity contribution in [2.24, 2.45) is 0 Å². The van der Waals surface area contributed by atoms with E-state index in [-0.39, 0.29) is 17.9 Å². The first-order valence-electron chi connectivity index (χ1n) is 9.06. The number of hydrogen-bond donors (Lipinski definition) is 1. The summed E-state index contributed by atoms with van der Waals surface area (Å²) in [6, 6.07) is 10.1. The molecule has 2 aromatic carbocycles. The van der Waals surface area contributed by atoms with Gasteiger partial charge in [0.05, 0.1) is 18.2 Å². The molecule has 0 aliphatic carbocycles. The van der Waals surface area contributed by atoms with E-state index in [9.17, 15) is 9.59 Å². The fraction of sp³-hybridized carbons (Fsp3) is 0.273. The maximum atomic E-state index is 12.2. The molecule has 0 unspecified atom stereocenters. The molecule has 2 aromatic rings. The van der Waals surface area contributed by atoms with E-state index in [2.05, 4.69) is 5.32 Å². The van der Waals surface area contributed by atoms with E-state index in [4.69, 9.17) is 21.1 Å². The van der Waals surface area contributed by atoms with Gasteiger partial charge in [-0.25, -0.2) is 0 Å². The molecule has 0 aliphatic rings. The molecule has 0 saturated carbocycles. The lowest BCUT2D eigenvalue weighted by atomic mass is 10.1. The van der Waals surface area contributed by atoms with Gasteiger partial charge in [-0.05, 0) is 61.9 Å². The maximum absolute atomic E-state index is 12.2. The van der Waals surface area contributed by atoms with Crippen LogP contribution >= 0.6 is 11.6 Å². The first-order chi connectivity index (χ1) is 13.7. The second kappa shape index (κ2) is 9.98. The van der Waals surface area contributed by atoms with Crippen molar-refractivity contribution in [1.82, 2.24) is 4.90 Å². The number of methoxy groups -OCH3 is 1. The van der Waals surface area contributed by atoms with Crippen molar-refractivity contribution in [2.75, 3.05) is 26.5 Å². The zero-order chi connectivity index (χ0) is 21.6. The Kier molecular flexibility index (Phi) is 7.67. The second-order valence-corrected chi connectivity index (χ2v) is 7.21. The number of amides is 2. The number of benzene rings is 2. The average molecular weight is 417 g/mol. The van der Waals surface area contributed by atoms with Gasteiger partial charge in [-0.3, -0.25) is 9.59 Å². The molecule has 0 spiro atoms. The van der Waals surface area contributed by atoms with E-state index in [1.54, 1.807) is 56.6 Å². The minimum absolute atomic E-state index is 0.0482. The van der Waals surface area contributed by atoms with Crippen LogP contribution in [0.3, 0.4) is 0 Å². The first kappa shape index (κ1) is 22.3. The number of ether oxygens (including phenoxy) is 2. The molecule has 2 rings (SSSR count). The summed E-state index contributed by atoms with van der Waals surface area (Å²) in [5.74, 6) is 0.554. The Balaban J connectivity index is 2.09. The average Bonchev–Trinajstić information content (AvgIpc) is 2.67. The van der Waals surface area contributed by atoms with E-state index >= 15 is 0 Å². The van der Waals surface area contributed by atoms with Gasteiger partial charge in [0.1, 0.15) is 0 Å². The summed E-state index contributed by atoms with van der Waals surface area (Å²) < 4.78 is 11.0. The summed E-state index contributed by atoms with van der Waals surface area (Å²) in [6.07, 6.45) is 2.98. The highest BCUT2D eigenvalue weighted by atomic mass is 35.5. The quantitative estimate of drug-likeness (QED) is 0.675. The van der Waals surface area contributed by atoms with E-state index in [0.29, 0.717) is 33.3 Å². The molecular weight excluding hydrogens is 392 g/mol. The van der Waals surface area contributed by atoms with Gasteiger partial charge >= 0.3 is 0 Å². The molecule has 0 heterocycles. The summed E-state index contributed by atoms with van der Waals surface area (Å²) in [7, 11) is 4.90. The van der Waals surface area contributed by atoms with Crippen LogP contribution in [0.1, 0.15) is 29.8 Å². The van der Waals surface area contributed by atoms with Crippen molar-refractivity contribution in [3.05, 3.63) is 58.6 Å². The van der Waals surface area contributed by atoms with Crippen LogP contribution in [-0.4, -0.2) is 44.0 Å². The minimum Gasteiger partial charge on any atom is -0.493 e. The highest BCUT2D eigenvalue weighted by molar-refractivity contribution is 6.32. The molecule has 0 radical (unpaired) electrons. The number of rotatable bonds is 7. The number of anilines is 1. The van der Waals surface area contributed by atoms with Crippen LogP contribution in [0.25, 0.3) is 6.08 Å². The number of hydrogen-bond acceptors (Lipinski definition) is 4. The van der Waals surface area contributed by atoms with Gasteiger partial charge in [-0.1, -0.05) is 11.6 Å². The lowest BCUT2D eigenvalue weighted by molar-refractivity contribution is -0.111. The summed E-state index contributed by atoms with van der Waals surface area (Å²) >= 11 is 6.29. The van der Waals surface area contributed by atoms with Gasteiger partial charge in [0.2, 0.25) is 5.91 Å². The van der Waals surface area contributed by atoms with Gasteiger partial charge in [-0.2, -0.15) is 0 Å². The van der Waals surface area contributed by atoms with Crippen molar-refractivity contribution in [2.45, 2.75) is 20.0 Å². The maximum Gasteiger partial charge on any atom is 0.253 e. The molecule has 7 heteroatoms. The molecule has 6 nitrogen and oxygen atoms in total. The van der Waals surface area contributed by atoms with Crippen molar-refractivity contribution in [1.29, 1.82) is 0 Å². The fourth-order valence-corrected chi connectivity index (χ4v) is 2.76. The normalized spacial score (nSPS) is 10.9. The monoisotopic (exact) mass is 416 g/mol. The Bertz CT molecular complexity index is 906. The van der Waals surface area contributed by atoms with Gasteiger partial charge in [-0.15, -0.1) is 0 Å². The largest absolute Gasteiger partial charge is 0.493 e. The van der Waals surface area contributed by atoms with Crippen LogP contribution < -0.4 is 14.8 Å². The molecule has 29 heavy (non-hydrogen) atoms. The van der Waals surface area contributed by atoms with Crippen molar-refractivity contribution < 1.29 is 19.1 Å².